The van der Waals surface area contributed by atoms with Gasteiger partial charge in [-0.15, -0.1) is 0 Å². The SMILES string of the molecule is CC(C)(C)[N]=[Nb]([Cl])([Cl])[Cl].c1ccncc1.c1ccncc1. The number of pyridine rings is 2. The van der Waals surface area contributed by atoms with Crippen LogP contribution in [0.2, 0.25) is 0 Å². The molecule has 0 bridgehead atoms. The molecule has 0 atom stereocenters. The van der Waals surface area contributed by atoms with Gasteiger partial charge in [0.05, 0.1) is 0 Å². The number of halogens is 3. The zero-order chi connectivity index (χ0) is 16.2. The molecular weight excluding hydrogens is 409 g/mol. The molecule has 2 aromatic rings. The molecule has 3 nitrogen and oxygen atoms in total. The summed E-state index contributed by atoms with van der Waals surface area (Å²) in [7, 11) is 16.7. The van der Waals surface area contributed by atoms with E-state index in [0.29, 0.717) is 0 Å². The number of rotatable bonds is 0. The van der Waals surface area contributed by atoms with Gasteiger partial charge in [0.15, 0.2) is 0 Å². The van der Waals surface area contributed by atoms with Gasteiger partial charge in [0.2, 0.25) is 0 Å². The van der Waals surface area contributed by atoms with Gasteiger partial charge in [-0.3, -0.25) is 9.97 Å². The van der Waals surface area contributed by atoms with E-state index < -0.39 is 13.7 Å². The standard InChI is InChI=1S/2C5H5N.C4H9N.3ClH.Nb/c2*1-2-4-6-5-3-1;1-4(2,3)5;;;;/h2*1-5H;1-3H3;3*1H;/q;;;;;;+3/p-3. The third kappa shape index (κ3) is 19.7. The molecule has 0 aliphatic rings. The normalized spacial score (nSPS) is 10.4. The quantitative estimate of drug-likeness (QED) is 0.501. The van der Waals surface area contributed by atoms with Gasteiger partial charge in [-0.25, -0.2) is 0 Å². The van der Waals surface area contributed by atoms with Crippen molar-refractivity contribution >= 4 is 27.6 Å². The molecule has 0 amide bonds. The predicted molar refractivity (Wildman–Crippen MR) is 88.2 cm³/mol. The van der Waals surface area contributed by atoms with E-state index in [1.807, 2.05) is 57.2 Å². The molecule has 0 saturated carbocycles. The number of hydrogen-bond acceptors (Lipinski definition) is 3. The fourth-order valence-corrected chi connectivity index (χ4v) is 6.66. The first kappa shape index (κ1) is 20.7. The Morgan fingerprint density at radius 3 is 1.10 bits per heavy atom. The van der Waals surface area contributed by atoms with Gasteiger partial charge in [0, 0.05) is 24.8 Å². The molecule has 2 aromatic heterocycles. The maximum atomic E-state index is 5.58. The van der Waals surface area contributed by atoms with Crippen LogP contribution in [0.15, 0.2) is 64.5 Å². The molecule has 0 fully saturated rings. The Hall–Kier alpha value is -0.290. The Bertz CT molecular complexity index is 417. The van der Waals surface area contributed by atoms with Crippen molar-refractivity contribution in [2.45, 2.75) is 26.3 Å². The largest absolute Gasteiger partial charge is 0.265 e. The molecular formula is C14H19Cl3N3Nb. The van der Waals surface area contributed by atoms with Gasteiger partial charge in [0.25, 0.3) is 0 Å². The van der Waals surface area contributed by atoms with Crippen molar-refractivity contribution < 1.29 is 13.7 Å². The minimum absolute atomic E-state index is 0.198. The fourth-order valence-electron chi connectivity index (χ4n) is 0.965. The Labute approximate surface area is 141 Å². The van der Waals surface area contributed by atoms with E-state index in [4.69, 9.17) is 27.6 Å². The average molecular weight is 429 g/mol. The Morgan fingerprint density at radius 1 is 0.714 bits per heavy atom. The molecule has 21 heavy (non-hydrogen) atoms. The molecule has 0 spiro atoms. The molecule has 7 heteroatoms. The van der Waals surface area contributed by atoms with Crippen LogP contribution in [0.4, 0.5) is 0 Å². The molecule has 116 valence electrons. The van der Waals surface area contributed by atoms with E-state index in [0.717, 1.165) is 0 Å². The van der Waals surface area contributed by atoms with E-state index in [2.05, 4.69) is 13.3 Å². The first-order valence-electron chi connectivity index (χ1n) is 6.13. The summed E-state index contributed by atoms with van der Waals surface area (Å²) in [6, 6.07) is 11.4. The number of hydrogen-bond donors (Lipinski definition) is 0. The van der Waals surface area contributed by atoms with Gasteiger partial charge in [-0.1, -0.05) is 12.1 Å². The summed E-state index contributed by atoms with van der Waals surface area (Å²) in [6.45, 7) is 5.76. The topological polar surface area (TPSA) is 38.1 Å². The summed E-state index contributed by atoms with van der Waals surface area (Å²) in [5.41, 5.74) is -0.198. The molecule has 0 radical (unpaired) electrons. The van der Waals surface area contributed by atoms with Crippen LogP contribution < -0.4 is 0 Å². The second-order valence-electron chi connectivity index (χ2n) is 4.74. The van der Waals surface area contributed by atoms with Crippen molar-refractivity contribution in [1.29, 1.82) is 0 Å². The Balaban J connectivity index is 0.000000293. The van der Waals surface area contributed by atoms with E-state index >= 15 is 0 Å². The van der Waals surface area contributed by atoms with E-state index in [9.17, 15) is 0 Å². The smallest absolute Gasteiger partial charge is 0.0267 e. The second kappa shape index (κ2) is 11.3. The van der Waals surface area contributed by atoms with Crippen molar-refractivity contribution in [2.75, 3.05) is 0 Å². The van der Waals surface area contributed by atoms with Gasteiger partial charge < -0.3 is 0 Å². The third-order valence-electron chi connectivity index (χ3n) is 1.55. The van der Waals surface area contributed by atoms with Crippen LogP contribution in [-0.4, -0.2) is 15.5 Å². The van der Waals surface area contributed by atoms with Crippen molar-refractivity contribution in [1.82, 2.24) is 9.97 Å². The van der Waals surface area contributed by atoms with Gasteiger partial charge in [-0.05, 0) is 24.3 Å². The number of nitrogens with zero attached hydrogens (tertiary/aromatic N) is 3. The van der Waals surface area contributed by atoms with Crippen LogP contribution in [0.25, 0.3) is 0 Å². The molecule has 0 unspecified atom stereocenters. The van der Waals surface area contributed by atoms with Crippen LogP contribution in [0.3, 0.4) is 0 Å². The van der Waals surface area contributed by atoms with Crippen LogP contribution >= 0.6 is 27.6 Å². The maximum Gasteiger partial charge on any atom is 0.0267 e. The monoisotopic (exact) mass is 427 g/mol. The summed E-state index contributed by atoms with van der Waals surface area (Å²) in [6.07, 6.45) is 7.00. The average Bonchev–Trinajstić information content (AvgIpc) is 2.40. The van der Waals surface area contributed by atoms with Crippen molar-refractivity contribution in [2.24, 2.45) is 3.34 Å². The summed E-state index contributed by atoms with van der Waals surface area (Å²) < 4.78 is 4.04. The Morgan fingerprint density at radius 2 is 1.05 bits per heavy atom. The summed E-state index contributed by atoms with van der Waals surface area (Å²) in [5, 5.41) is 0. The number of aromatic nitrogens is 2. The third-order valence-corrected chi connectivity index (χ3v) is 4.92. The second-order valence-corrected chi connectivity index (χ2v) is 19.0. The zero-order valence-electron chi connectivity index (χ0n) is 12.2. The van der Waals surface area contributed by atoms with Crippen molar-refractivity contribution in [3.63, 3.8) is 0 Å². The van der Waals surface area contributed by atoms with Gasteiger partial charge >= 0.3 is 70.9 Å². The van der Waals surface area contributed by atoms with E-state index in [1.165, 1.54) is 0 Å². The van der Waals surface area contributed by atoms with E-state index in [-0.39, 0.29) is 5.54 Å². The molecule has 0 saturated heterocycles. The van der Waals surface area contributed by atoms with Gasteiger partial charge in [0.1, 0.15) is 0 Å². The van der Waals surface area contributed by atoms with Crippen molar-refractivity contribution in [3.05, 3.63) is 61.2 Å². The first-order chi connectivity index (χ1) is 9.71. The minimum atomic E-state index is -3.31. The van der Waals surface area contributed by atoms with Crippen molar-refractivity contribution in [3.8, 4) is 0 Å². The fraction of sp³-hybridized carbons (Fsp3) is 0.286. The van der Waals surface area contributed by atoms with Crippen LogP contribution in [-0.2, 0) is 13.7 Å². The minimum Gasteiger partial charge on any atom is -0.265 e. The van der Waals surface area contributed by atoms with E-state index in [1.54, 1.807) is 24.8 Å². The van der Waals surface area contributed by atoms with Crippen LogP contribution in [0.1, 0.15) is 20.8 Å². The molecule has 0 aliphatic heterocycles. The van der Waals surface area contributed by atoms with Crippen LogP contribution in [0, 0.1) is 0 Å². The molecule has 2 rings (SSSR count). The summed E-state index contributed by atoms with van der Waals surface area (Å²) in [5.74, 6) is 0. The summed E-state index contributed by atoms with van der Waals surface area (Å²) in [4.78, 5) is 7.57. The predicted octanol–water partition coefficient (Wildman–Crippen LogP) is 5.75. The zero-order valence-corrected chi connectivity index (χ0v) is 16.7. The Kier molecular flexibility index (Phi) is 11.1. The molecule has 0 aliphatic carbocycles. The molecule has 0 aromatic carbocycles. The molecule has 2 heterocycles. The summed E-state index contributed by atoms with van der Waals surface area (Å²) >= 11 is -3.31. The van der Waals surface area contributed by atoms with Crippen LogP contribution in [0.5, 0.6) is 0 Å². The molecule has 0 N–H and O–H groups in total. The first-order valence-corrected chi connectivity index (χ1v) is 15.6. The van der Waals surface area contributed by atoms with Gasteiger partial charge in [-0.2, -0.15) is 0 Å². The maximum absolute atomic E-state index is 5.58.